The molecule has 15 heavy (non-hydrogen) atoms. The van der Waals surface area contributed by atoms with E-state index in [0.717, 1.165) is 12.2 Å². The molecule has 1 aliphatic heterocycles. The molecule has 0 aromatic rings. The maximum atomic E-state index is 12.4. The Labute approximate surface area is 83.3 Å². The van der Waals surface area contributed by atoms with Gasteiger partial charge in [0.2, 0.25) is 0 Å². The molecule has 1 heterocycles. The smallest absolute Gasteiger partial charge is 0.416 e. The van der Waals surface area contributed by atoms with E-state index in [-0.39, 0.29) is 4.86 Å². The second-order valence-corrected chi connectivity index (χ2v) is 3.66. The van der Waals surface area contributed by atoms with Gasteiger partial charge in [0, 0.05) is 0 Å². The van der Waals surface area contributed by atoms with Crippen molar-refractivity contribution in [1.29, 1.82) is 0 Å². The summed E-state index contributed by atoms with van der Waals surface area (Å²) in [6.07, 6.45) is -1.29. The molecule has 4 nitrogen and oxygen atoms in total. The van der Waals surface area contributed by atoms with E-state index in [0.29, 0.717) is 0 Å². The zero-order chi connectivity index (χ0) is 11.3. The summed E-state index contributed by atoms with van der Waals surface area (Å²) in [4.78, 5) is 0.257. The molecule has 0 aromatic heterocycles. The number of fused-ring (bicyclic) bond motifs is 1. The summed E-state index contributed by atoms with van der Waals surface area (Å²) in [5, 5.41) is 14.6. The van der Waals surface area contributed by atoms with Gasteiger partial charge in [-0.1, -0.05) is 0 Å². The Morgan fingerprint density at radius 3 is 2.87 bits per heavy atom. The van der Waals surface area contributed by atoms with Gasteiger partial charge in [-0.25, -0.2) is 0 Å². The molecule has 7 heteroatoms. The Hall–Kier alpha value is -1.53. The lowest BCUT2D eigenvalue weighted by molar-refractivity contribution is -0.579. The molecule has 2 unspecified atom stereocenters. The van der Waals surface area contributed by atoms with Gasteiger partial charge in [-0.15, -0.1) is 0 Å². The van der Waals surface area contributed by atoms with Crippen LogP contribution >= 0.6 is 0 Å². The normalized spacial score (nSPS) is 34.3. The Kier molecular flexibility index (Phi) is 1.83. The summed E-state index contributed by atoms with van der Waals surface area (Å²) < 4.78 is 37.2. The third-order valence-corrected chi connectivity index (χ3v) is 2.57. The fourth-order valence-electron chi connectivity index (χ4n) is 1.59. The van der Waals surface area contributed by atoms with Crippen LogP contribution in [-0.2, 0) is 0 Å². The number of nitrogens with zero attached hydrogens (tertiary/aromatic N) is 2. The Balaban J connectivity index is 2.41. The summed E-state index contributed by atoms with van der Waals surface area (Å²) in [5.74, 6) is 0. The van der Waals surface area contributed by atoms with Crippen molar-refractivity contribution in [3.63, 3.8) is 0 Å². The SMILES string of the molecule is CC12C=C(C(F)(F)F)C=CC1NN=[N+]2[O-]. The van der Waals surface area contributed by atoms with Crippen LogP contribution in [0, 0.1) is 5.21 Å². The van der Waals surface area contributed by atoms with Crippen molar-refractivity contribution in [3.8, 4) is 0 Å². The number of rotatable bonds is 0. The van der Waals surface area contributed by atoms with E-state index in [2.05, 4.69) is 10.6 Å². The molecular weight excluding hydrogens is 211 g/mol. The molecule has 1 N–H and O–H groups in total. The molecule has 0 saturated carbocycles. The van der Waals surface area contributed by atoms with Crippen LogP contribution < -0.4 is 5.43 Å². The Bertz CT molecular complexity index is 385. The third-order valence-electron chi connectivity index (χ3n) is 2.57. The summed E-state index contributed by atoms with van der Waals surface area (Å²) in [5.41, 5.74) is 0.350. The molecule has 0 bridgehead atoms. The summed E-state index contributed by atoms with van der Waals surface area (Å²) in [6, 6.07) is -0.513. The molecule has 0 saturated heterocycles. The number of hydroxylamine groups is 1. The van der Waals surface area contributed by atoms with Crippen molar-refractivity contribution >= 4 is 0 Å². The molecule has 2 rings (SSSR count). The molecule has 0 fully saturated rings. The average molecular weight is 219 g/mol. The van der Waals surface area contributed by atoms with Crippen molar-refractivity contribution in [3.05, 3.63) is 29.0 Å². The van der Waals surface area contributed by atoms with Crippen molar-refractivity contribution in [1.82, 2.24) is 5.43 Å². The van der Waals surface area contributed by atoms with E-state index >= 15 is 0 Å². The van der Waals surface area contributed by atoms with Crippen molar-refractivity contribution in [2.75, 3.05) is 0 Å². The summed E-state index contributed by atoms with van der Waals surface area (Å²) in [6.45, 7) is 1.41. The molecule has 2 atom stereocenters. The molecule has 2 aliphatic rings. The molecule has 0 amide bonds. The zero-order valence-corrected chi connectivity index (χ0v) is 7.75. The molecule has 0 radical (unpaired) electrons. The number of halogens is 3. The highest BCUT2D eigenvalue weighted by Gasteiger charge is 2.49. The van der Waals surface area contributed by atoms with E-state index in [9.17, 15) is 18.4 Å². The van der Waals surface area contributed by atoms with Gasteiger partial charge in [0.1, 0.15) is 0 Å². The highest BCUT2D eigenvalue weighted by molar-refractivity contribution is 5.35. The van der Waals surface area contributed by atoms with Crippen LogP contribution in [-0.4, -0.2) is 22.6 Å². The number of allylic oxidation sites excluding steroid dienone is 2. The van der Waals surface area contributed by atoms with Crippen molar-refractivity contribution in [2.45, 2.75) is 24.7 Å². The fraction of sp³-hybridized carbons (Fsp3) is 0.500. The first-order chi connectivity index (χ1) is 6.84. The highest BCUT2D eigenvalue weighted by atomic mass is 19.4. The van der Waals surface area contributed by atoms with Crippen LogP contribution in [0.1, 0.15) is 6.92 Å². The summed E-state index contributed by atoms with van der Waals surface area (Å²) in [7, 11) is 0. The van der Waals surface area contributed by atoms with Gasteiger partial charge in [-0.3, -0.25) is 0 Å². The lowest BCUT2D eigenvalue weighted by Gasteiger charge is -2.27. The average Bonchev–Trinajstić information content (AvgIpc) is 2.41. The van der Waals surface area contributed by atoms with Crippen LogP contribution in [0.25, 0.3) is 0 Å². The quantitative estimate of drug-likeness (QED) is 0.497. The zero-order valence-electron chi connectivity index (χ0n) is 7.75. The predicted octanol–water partition coefficient (Wildman–Crippen LogP) is 1.65. The molecular formula is C8H8F3N3O. The van der Waals surface area contributed by atoms with E-state index < -0.39 is 23.3 Å². The van der Waals surface area contributed by atoms with Gasteiger partial charge in [-0.05, 0) is 25.2 Å². The van der Waals surface area contributed by atoms with Gasteiger partial charge in [0.25, 0.3) is 0 Å². The van der Waals surface area contributed by atoms with Crippen LogP contribution in [0.2, 0.25) is 0 Å². The first kappa shape index (κ1) is 10.0. The second kappa shape index (κ2) is 2.74. The molecule has 1 aliphatic carbocycles. The minimum Gasteiger partial charge on any atom is -0.695 e. The van der Waals surface area contributed by atoms with Crippen LogP contribution in [0.4, 0.5) is 13.2 Å². The van der Waals surface area contributed by atoms with E-state index in [1.165, 1.54) is 13.0 Å². The number of hydrogen-bond acceptors (Lipinski definition) is 3. The van der Waals surface area contributed by atoms with Crippen LogP contribution in [0.15, 0.2) is 29.0 Å². The van der Waals surface area contributed by atoms with Gasteiger partial charge in [0.15, 0.2) is 11.6 Å². The maximum absolute atomic E-state index is 12.4. The van der Waals surface area contributed by atoms with Crippen LogP contribution in [0.5, 0.6) is 0 Å². The van der Waals surface area contributed by atoms with Gasteiger partial charge in [0.05, 0.1) is 10.8 Å². The lowest BCUT2D eigenvalue weighted by Crippen LogP contribution is -2.46. The predicted molar refractivity (Wildman–Crippen MR) is 44.7 cm³/mol. The summed E-state index contributed by atoms with van der Waals surface area (Å²) >= 11 is 0. The van der Waals surface area contributed by atoms with E-state index in [1.807, 2.05) is 0 Å². The monoisotopic (exact) mass is 219 g/mol. The van der Waals surface area contributed by atoms with Gasteiger partial charge < -0.3 is 5.21 Å². The Morgan fingerprint density at radius 2 is 2.27 bits per heavy atom. The lowest BCUT2D eigenvalue weighted by atomic mass is 9.86. The van der Waals surface area contributed by atoms with Crippen LogP contribution in [0.3, 0.4) is 0 Å². The minimum atomic E-state index is -4.44. The minimum absolute atomic E-state index is 0.257. The first-order valence-electron chi connectivity index (χ1n) is 4.26. The topological polar surface area (TPSA) is 50.5 Å². The number of hydrogen-bond donors (Lipinski definition) is 1. The van der Waals surface area contributed by atoms with Gasteiger partial charge in [-0.2, -0.15) is 23.5 Å². The molecule has 82 valence electrons. The highest BCUT2D eigenvalue weighted by Crippen LogP contribution is 2.35. The standard InChI is InChI=1S/C8H8F3N3O/c1-7-4-5(8(9,10)11)2-3-6(7)12-13-14(7)15/h2-4,6,12H,1H3. The Morgan fingerprint density at radius 1 is 1.60 bits per heavy atom. The first-order valence-corrected chi connectivity index (χ1v) is 4.26. The number of alkyl halides is 3. The number of nitrogens with one attached hydrogen (secondary N) is 1. The van der Waals surface area contributed by atoms with E-state index in [1.54, 1.807) is 0 Å². The van der Waals surface area contributed by atoms with Crippen molar-refractivity contribution < 1.29 is 18.0 Å². The molecule has 0 aromatic carbocycles. The third kappa shape index (κ3) is 1.38. The van der Waals surface area contributed by atoms with E-state index in [4.69, 9.17) is 0 Å². The van der Waals surface area contributed by atoms with Gasteiger partial charge >= 0.3 is 6.18 Å². The van der Waals surface area contributed by atoms with Crippen molar-refractivity contribution in [2.24, 2.45) is 5.22 Å². The maximum Gasteiger partial charge on any atom is 0.416 e. The largest absolute Gasteiger partial charge is 0.695 e. The molecule has 0 spiro atoms. The fourth-order valence-corrected chi connectivity index (χ4v) is 1.59. The second-order valence-electron chi connectivity index (χ2n) is 3.66.